The van der Waals surface area contributed by atoms with Crippen molar-refractivity contribution < 1.29 is 9.52 Å². The molecule has 0 amide bonds. The Morgan fingerprint density at radius 2 is 1.88 bits per heavy atom. The standard InChI is InChI=1S/C12H12Br2O2S/c1-5-6(2)16-7(3)10(5)11(15)9-4-8(13)12(14)17-9/h4,11,15H,1-3H3. The van der Waals surface area contributed by atoms with Crippen molar-refractivity contribution in [3.63, 3.8) is 0 Å². The number of aryl methyl sites for hydroxylation is 2. The van der Waals surface area contributed by atoms with Crippen molar-refractivity contribution >= 4 is 43.2 Å². The smallest absolute Gasteiger partial charge is 0.117 e. The van der Waals surface area contributed by atoms with E-state index in [9.17, 15) is 5.11 Å². The molecule has 2 nitrogen and oxygen atoms in total. The van der Waals surface area contributed by atoms with Gasteiger partial charge in [-0.3, -0.25) is 0 Å². The van der Waals surface area contributed by atoms with Crippen molar-refractivity contribution in [2.45, 2.75) is 26.9 Å². The molecule has 0 aliphatic heterocycles. The third kappa shape index (κ3) is 2.38. The number of halogens is 2. The van der Waals surface area contributed by atoms with E-state index in [1.165, 1.54) is 11.3 Å². The molecule has 2 aromatic heterocycles. The van der Waals surface area contributed by atoms with Crippen LogP contribution in [-0.4, -0.2) is 5.11 Å². The first-order valence-electron chi connectivity index (χ1n) is 5.11. The first-order chi connectivity index (χ1) is 7.91. The Bertz CT molecular complexity index is 538. The lowest BCUT2D eigenvalue weighted by Gasteiger charge is -2.08. The van der Waals surface area contributed by atoms with Crippen molar-refractivity contribution in [1.82, 2.24) is 0 Å². The molecule has 17 heavy (non-hydrogen) atoms. The van der Waals surface area contributed by atoms with Crippen molar-refractivity contribution in [3.05, 3.63) is 41.9 Å². The van der Waals surface area contributed by atoms with Crippen LogP contribution in [0.5, 0.6) is 0 Å². The summed E-state index contributed by atoms with van der Waals surface area (Å²) in [5.41, 5.74) is 1.90. The molecule has 1 N–H and O–H groups in total. The van der Waals surface area contributed by atoms with Gasteiger partial charge in [0.2, 0.25) is 0 Å². The minimum Gasteiger partial charge on any atom is -0.466 e. The Hall–Kier alpha value is -0.100. The summed E-state index contributed by atoms with van der Waals surface area (Å²) in [7, 11) is 0. The van der Waals surface area contributed by atoms with E-state index in [2.05, 4.69) is 31.9 Å². The summed E-state index contributed by atoms with van der Waals surface area (Å²) in [6.45, 7) is 5.77. The van der Waals surface area contributed by atoms with Gasteiger partial charge in [0.05, 0.1) is 3.79 Å². The molecular weight excluding hydrogens is 368 g/mol. The maximum atomic E-state index is 10.4. The van der Waals surface area contributed by atoms with Crippen LogP contribution in [0.15, 0.2) is 18.7 Å². The van der Waals surface area contributed by atoms with Crippen LogP contribution < -0.4 is 0 Å². The Balaban J connectivity index is 2.46. The monoisotopic (exact) mass is 378 g/mol. The molecule has 0 saturated carbocycles. The Morgan fingerprint density at radius 3 is 2.29 bits per heavy atom. The van der Waals surface area contributed by atoms with E-state index < -0.39 is 6.10 Å². The first-order valence-corrected chi connectivity index (χ1v) is 7.51. The molecule has 2 heterocycles. The summed E-state index contributed by atoms with van der Waals surface area (Å²) in [5.74, 6) is 1.65. The minimum atomic E-state index is -0.625. The second-order valence-corrected chi connectivity index (χ2v) is 7.18. The van der Waals surface area contributed by atoms with Gasteiger partial charge in [0.1, 0.15) is 17.6 Å². The second kappa shape index (κ2) is 4.88. The predicted octanol–water partition coefficient (Wildman–Crippen LogP) is 4.87. The molecule has 2 aromatic rings. The van der Waals surface area contributed by atoms with E-state index >= 15 is 0 Å². The maximum absolute atomic E-state index is 10.4. The fourth-order valence-corrected chi connectivity index (χ4v) is 3.94. The van der Waals surface area contributed by atoms with E-state index in [4.69, 9.17) is 4.42 Å². The molecule has 0 fully saturated rings. The molecule has 5 heteroatoms. The topological polar surface area (TPSA) is 33.4 Å². The number of hydrogen-bond donors (Lipinski definition) is 1. The zero-order valence-electron chi connectivity index (χ0n) is 9.67. The SMILES string of the molecule is Cc1oc(C)c(C(O)c2cc(Br)c(Br)s2)c1C. The van der Waals surface area contributed by atoms with E-state index in [1.807, 2.05) is 26.8 Å². The molecule has 0 bridgehead atoms. The number of aliphatic hydroxyl groups is 1. The maximum Gasteiger partial charge on any atom is 0.117 e. The third-order valence-electron chi connectivity index (χ3n) is 2.82. The van der Waals surface area contributed by atoms with Gasteiger partial charge in [-0.25, -0.2) is 0 Å². The normalized spacial score (nSPS) is 13.1. The van der Waals surface area contributed by atoms with Crippen LogP contribution in [0.1, 0.15) is 33.6 Å². The lowest BCUT2D eigenvalue weighted by molar-refractivity contribution is 0.221. The average Bonchev–Trinajstić information content (AvgIpc) is 2.70. The lowest BCUT2D eigenvalue weighted by atomic mass is 10.0. The van der Waals surface area contributed by atoms with Gasteiger partial charge in [-0.1, -0.05) is 0 Å². The van der Waals surface area contributed by atoms with Gasteiger partial charge < -0.3 is 9.52 Å². The molecular formula is C12H12Br2O2S. The van der Waals surface area contributed by atoms with Crippen LogP contribution in [0, 0.1) is 20.8 Å². The van der Waals surface area contributed by atoms with Gasteiger partial charge in [-0.2, -0.15) is 0 Å². The van der Waals surface area contributed by atoms with Gasteiger partial charge in [0, 0.05) is 14.9 Å². The molecule has 92 valence electrons. The fourth-order valence-electron chi connectivity index (χ4n) is 1.85. The summed E-state index contributed by atoms with van der Waals surface area (Å²) in [4.78, 5) is 0.899. The van der Waals surface area contributed by atoms with Crippen LogP contribution in [0.3, 0.4) is 0 Å². The third-order valence-corrected chi connectivity index (χ3v) is 6.13. The van der Waals surface area contributed by atoms with Crippen molar-refractivity contribution in [3.8, 4) is 0 Å². The zero-order valence-corrected chi connectivity index (χ0v) is 13.7. The van der Waals surface area contributed by atoms with E-state index in [0.717, 1.165) is 35.8 Å². The Labute approximate surface area is 121 Å². The van der Waals surface area contributed by atoms with Crippen LogP contribution in [0.4, 0.5) is 0 Å². The van der Waals surface area contributed by atoms with Gasteiger partial charge >= 0.3 is 0 Å². The highest BCUT2D eigenvalue weighted by atomic mass is 79.9. The molecule has 0 aliphatic carbocycles. The minimum absolute atomic E-state index is 0.625. The first kappa shape index (κ1) is 13.3. The highest BCUT2D eigenvalue weighted by molar-refractivity contribution is 9.13. The molecule has 0 spiro atoms. The largest absolute Gasteiger partial charge is 0.466 e. The fraction of sp³-hybridized carbons (Fsp3) is 0.333. The van der Waals surface area contributed by atoms with Gasteiger partial charge in [-0.15, -0.1) is 11.3 Å². The van der Waals surface area contributed by atoms with E-state index in [0.29, 0.717) is 0 Å². The Morgan fingerprint density at radius 1 is 1.24 bits per heavy atom. The molecule has 2 rings (SSSR count). The van der Waals surface area contributed by atoms with Gasteiger partial charge in [0.25, 0.3) is 0 Å². The summed E-state index contributed by atoms with van der Waals surface area (Å²) >= 11 is 8.39. The summed E-state index contributed by atoms with van der Waals surface area (Å²) in [6, 6.07) is 1.93. The quantitative estimate of drug-likeness (QED) is 0.807. The lowest BCUT2D eigenvalue weighted by Crippen LogP contribution is -1.99. The number of hydrogen-bond acceptors (Lipinski definition) is 3. The van der Waals surface area contributed by atoms with Crippen LogP contribution in [0.2, 0.25) is 0 Å². The molecule has 0 aliphatic rings. The highest BCUT2D eigenvalue weighted by Crippen LogP contribution is 2.39. The molecule has 0 aromatic carbocycles. The zero-order chi connectivity index (χ0) is 12.7. The number of aliphatic hydroxyl groups excluding tert-OH is 1. The molecule has 1 atom stereocenters. The van der Waals surface area contributed by atoms with Crippen molar-refractivity contribution in [1.29, 1.82) is 0 Å². The van der Waals surface area contributed by atoms with Crippen molar-refractivity contribution in [2.75, 3.05) is 0 Å². The molecule has 0 saturated heterocycles. The summed E-state index contributed by atoms with van der Waals surface area (Å²) in [6.07, 6.45) is -0.625. The van der Waals surface area contributed by atoms with Gasteiger partial charge in [0.15, 0.2) is 0 Å². The predicted molar refractivity (Wildman–Crippen MR) is 76.7 cm³/mol. The van der Waals surface area contributed by atoms with Crippen molar-refractivity contribution in [2.24, 2.45) is 0 Å². The average molecular weight is 380 g/mol. The van der Waals surface area contributed by atoms with E-state index in [-0.39, 0.29) is 0 Å². The number of rotatable bonds is 2. The van der Waals surface area contributed by atoms with Gasteiger partial charge in [-0.05, 0) is 64.3 Å². The molecule has 1 unspecified atom stereocenters. The van der Waals surface area contributed by atoms with E-state index in [1.54, 1.807) is 0 Å². The number of furan rings is 1. The van der Waals surface area contributed by atoms with Crippen LogP contribution in [0.25, 0.3) is 0 Å². The van der Waals surface area contributed by atoms with Crippen LogP contribution in [-0.2, 0) is 0 Å². The number of thiophene rings is 1. The summed E-state index contributed by atoms with van der Waals surface area (Å²) < 4.78 is 7.50. The summed E-state index contributed by atoms with van der Waals surface area (Å²) in [5, 5.41) is 10.4. The van der Waals surface area contributed by atoms with Crippen LogP contribution >= 0.6 is 43.2 Å². The second-order valence-electron chi connectivity index (χ2n) is 3.93. The molecule has 0 radical (unpaired) electrons. The Kier molecular flexibility index (Phi) is 3.83. The highest BCUT2D eigenvalue weighted by Gasteiger charge is 2.22.